The summed E-state index contributed by atoms with van der Waals surface area (Å²) < 4.78 is 5.81. The number of nitro benzene ring substituents is 1. The summed E-state index contributed by atoms with van der Waals surface area (Å²) in [5.41, 5.74) is -0.922. The van der Waals surface area contributed by atoms with Crippen molar-refractivity contribution in [3.63, 3.8) is 0 Å². The Kier molecular flexibility index (Phi) is 3.88. The average Bonchev–Trinajstić information content (AvgIpc) is 2.68. The molecular formula is C19H20N2O4. The summed E-state index contributed by atoms with van der Waals surface area (Å²) in [6.45, 7) is 7.05. The third-order valence-corrected chi connectivity index (χ3v) is 4.38. The van der Waals surface area contributed by atoms with Crippen molar-refractivity contribution in [1.29, 1.82) is 0 Å². The normalized spacial score (nSPS) is 20.2. The van der Waals surface area contributed by atoms with Crippen molar-refractivity contribution in [2.45, 2.75) is 38.9 Å². The van der Waals surface area contributed by atoms with E-state index in [1.165, 1.54) is 12.3 Å². The lowest BCUT2D eigenvalue weighted by atomic mass is 9.93. The van der Waals surface area contributed by atoms with Gasteiger partial charge in [0.25, 0.3) is 5.69 Å². The largest absolute Gasteiger partial charge is 0.357 e. The second-order valence-electron chi connectivity index (χ2n) is 7.13. The van der Waals surface area contributed by atoms with Gasteiger partial charge < -0.3 is 10.1 Å². The monoisotopic (exact) mass is 340 g/mol. The van der Waals surface area contributed by atoms with E-state index in [0.717, 1.165) is 10.8 Å². The number of nitro groups is 1. The molecule has 3 rings (SSSR count). The van der Waals surface area contributed by atoms with Crippen LogP contribution in [0.3, 0.4) is 0 Å². The molecule has 1 heterocycles. The maximum absolute atomic E-state index is 12.5. The van der Waals surface area contributed by atoms with Crippen LogP contribution in [0, 0.1) is 10.1 Å². The smallest absolute Gasteiger partial charge is 0.293 e. The number of ether oxygens (including phenoxy) is 1. The van der Waals surface area contributed by atoms with Crippen LogP contribution in [0.2, 0.25) is 0 Å². The summed E-state index contributed by atoms with van der Waals surface area (Å²) in [6, 6.07) is 10.6. The van der Waals surface area contributed by atoms with E-state index in [2.05, 4.69) is 5.32 Å². The Morgan fingerprint density at radius 2 is 1.68 bits per heavy atom. The molecule has 0 aliphatic carbocycles. The Bertz CT molecular complexity index is 913. The number of hydrogen-bond acceptors (Lipinski definition) is 5. The number of nitrogens with one attached hydrogen (secondary N) is 1. The van der Waals surface area contributed by atoms with Crippen molar-refractivity contribution >= 4 is 27.9 Å². The zero-order valence-electron chi connectivity index (χ0n) is 14.6. The summed E-state index contributed by atoms with van der Waals surface area (Å²) in [5, 5.41) is 16.0. The molecule has 0 unspecified atom stereocenters. The standard InChI is InChI=1S/C19H20N2O4/c1-18(2)14(17(22)19(3,4)25-18)11-20-15-9-12-7-5-6-8-13(12)10-16(15)21(23)24/h5-11,20H,1-4H3/b14-11-. The molecule has 2 aromatic carbocycles. The highest BCUT2D eigenvalue weighted by molar-refractivity contribution is 6.05. The third kappa shape index (κ3) is 3.00. The van der Waals surface area contributed by atoms with E-state index in [4.69, 9.17) is 4.74 Å². The summed E-state index contributed by atoms with van der Waals surface area (Å²) in [6.07, 6.45) is 1.52. The number of ketones is 1. The van der Waals surface area contributed by atoms with E-state index in [0.29, 0.717) is 11.3 Å². The number of hydrogen-bond donors (Lipinski definition) is 1. The molecule has 1 fully saturated rings. The van der Waals surface area contributed by atoms with E-state index in [9.17, 15) is 14.9 Å². The Morgan fingerprint density at radius 3 is 2.20 bits per heavy atom. The fraction of sp³-hybridized carbons (Fsp3) is 0.316. The first-order valence-corrected chi connectivity index (χ1v) is 8.01. The molecule has 130 valence electrons. The predicted octanol–water partition coefficient (Wildman–Crippen LogP) is 4.20. The molecule has 6 nitrogen and oxygen atoms in total. The Labute approximate surface area is 145 Å². The number of rotatable bonds is 3. The maximum Gasteiger partial charge on any atom is 0.293 e. The molecule has 0 atom stereocenters. The molecule has 1 aliphatic heterocycles. The lowest BCUT2D eigenvalue weighted by molar-refractivity contribution is -0.383. The molecule has 0 amide bonds. The highest BCUT2D eigenvalue weighted by Crippen LogP contribution is 2.39. The van der Waals surface area contributed by atoms with Crippen molar-refractivity contribution in [2.24, 2.45) is 0 Å². The van der Waals surface area contributed by atoms with E-state index in [-0.39, 0.29) is 11.5 Å². The van der Waals surface area contributed by atoms with Crippen LogP contribution in [0.4, 0.5) is 11.4 Å². The van der Waals surface area contributed by atoms with Crippen LogP contribution in [0.1, 0.15) is 27.7 Å². The molecule has 0 bridgehead atoms. The summed E-state index contributed by atoms with van der Waals surface area (Å²) >= 11 is 0. The van der Waals surface area contributed by atoms with E-state index in [1.54, 1.807) is 19.9 Å². The van der Waals surface area contributed by atoms with Gasteiger partial charge in [-0.25, -0.2) is 0 Å². The van der Waals surface area contributed by atoms with Gasteiger partial charge in [0.05, 0.1) is 10.5 Å². The number of carbonyl (C=O) groups excluding carboxylic acids is 1. The number of anilines is 1. The average molecular weight is 340 g/mol. The predicted molar refractivity (Wildman–Crippen MR) is 96.6 cm³/mol. The number of Topliss-reactive ketones (excluding diaryl/α,β-unsaturated/α-hetero) is 1. The van der Waals surface area contributed by atoms with E-state index in [1.807, 2.05) is 38.1 Å². The van der Waals surface area contributed by atoms with Crippen molar-refractivity contribution in [3.05, 3.63) is 58.3 Å². The molecular weight excluding hydrogens is 320 g/mol. The number of nitrogens with zero attached hydrogens (tertiary/aromatic N) is 1. The highest BCUT2D eigenvalue weighted by atomic mass is 16.6. The van der Waals surface area contributed by atoms with Crippen molar-refractivity contribution in [1.82, 2.24) is 0 Å². The first-order chi connectivity index (χ1) is 11.6. The summed E-state index contributed by atoms with van der Waals surface area (Å²) in [7, 11) is 0. The summed E-state index contributed by atoms with van der Waals surface area (Å²) in [4.78, 5) is 23.5. The molecule has 1 saturated heterocycles. The van der Waals surface area contributed by atoms with Gasteiger partial charge in [-0.2, -0.15) is 0 Å². The second-order valence-corrected chi connectivity index (χ2v) is 7.13. The van der Waals surface area contributed by atoms with Gasteiger partial charge in [-0.15, -0.1) is 0 Å². The summed E-state index contributed by atoms with van der Waals surface area (Å²) in [5.74, 6) is -0.131. The maximum atomic E-state index is 12.5. The molecule has 6 heteroatoms. The second kappa shape index (κ2) is 5.67. The number of fused-ring (bicyclic) bond motifs is 1. The lowest BCUT2D eigenvalue weighted by Crippen LogP contribution is -2.29. The van der Waals surface area contributed by atoms with Gasteiger partial charge in [0.2, 0.25) is 0 Å². The first kappa shape index (κ1) is 17.1. The van der Waals surface area contributed by atoms with Gasteiger partial charge in [0.1, 0.15) is 11.3 Å². The van der Waals surface area contributed by atoms with Gasteiger partial charge in [0, 0.05) is 17.8 Å². The molecule has 0 radical (unpaired) electrons. The molecule has 0 spiro atoms. The molecule has 1 aliphatic rings. The number of carbonyl (C=O) groups is 1. The minimum atomic E-state index is -0.910. The molecule has 1 N–H and O–H groups in total. The molecule has 0 saturated carbocycles. The van der Waals surface area contributed by atoms with Crippen molar-refractivity contribution in [3.8, 4) is 0 Å². The SMILES string of the molecule is CC1(C)OC(C)(C)/C(=C\Nc2cc3ccccc3cc2[N+](=O)[O-])C1=O. The molecule has 0 aromatic heterocycles. The fourth-order valence-corrected chi connectivity index (χ4v) is 3.22. The van der Waals surface area contributed by atoms with E-state index < -0.39 is 16.1 Å². The van der Waals surface area contributed by atoms with Crippen LogP contribution in [0.15, 0.2) is 48.2 Å². The minimum Gasteiger partial charge on any atom is -0.357 e. The van der Waals surface area contributed by atoms with Gasteiger partial charge in [0.15, 0.2) is 5.78 Å². The molecule has 25 heavy (non-hydrogen) atoms. The third-order valence-electron chi connectivity index (χ3n) is 4.38. The zero-order valence-corrected chi connectivity index (χ0v) is 14.6. The van der Waals surface area contributed by atoms with Crippen LogP contribution < -0.4 is 5.32 Å². The first-order valence-electron chi connectivity index (χ1n) is 8.01. The van der Waals surface area contributed by atoms with Gasteiger partial charge in [-0.1, -0.05) is 24.3 Å². The number of benzene rings is 2. The highest BCUT2D eigenvalue weighted by Gasteiger charge is 2.49. The van der Waals surface area contributed by atoms with Crippen LogP contribution in [0.5, 0.6) is 0 Å². The van der Waals surface area contributed by atoms with Crippen molar-refractivity contribution < 1.29 is 14.5 Å². The Hall–Kier alpha value is -2.73. The Balaban J connectivity index is 2.04. The Morgan fingerprint density at radius 1 is 1.08 bits per heavy atom. The van der Waals surface area contributed by atoms with Gasteiger partial charge in [-0.3, -0.25) is 14.9 Å². The lowest BCUT2D eigenvalue weighted by Gasteiger charge is -2.22. The van der Waals surface area contributed by atoms with Gasteiger partial charge >= 0.3 is 0 Å². The van der Waals surface area contributed by atoms with Crippen LogP contribution in [-0.2, 0) is 9.53 Å². The fourth-order valence-electron chi connectivity index (χ4n) is 3.22. The zero-order chi connectivity index (χ0) is 18.4. The van der Waals surface area contributed by atoms with E-state index >= 15 is 0 Å². The quantitative estimate of drug-likeness (QED) is 0.514. The van der Waals surface area contributed by atoms with Gasteiger partial charge in [-0.05, 0) is 44.5 Å². The van der Waals surface area contributed by atoms with Crippen LogP contribution >= 0.6 is 0 Å². The van der Waals surface area contributed by atoms with Crippen molar-refractivity contribution in [2.75, 3.05) is 5.32 Å². The minimum absolute atomic E-state index is 0.0426. The molecule has 2 aromatic rings. The topological polar surface area (TPSA) is 81.5 Å². The van der Waals surface area contributed by atoms with Crippen LogP contribution in [0.25, 0.3) is 10.8 Å². The van der Waals surface area contributed by atoms with Crippen LogP contribution in [-0.4, -0.2) is 21.9 Å².